The second-order valence-corrected chi connectivity index (χ2v) is 5.73. The van der Waals surface area contributed by atoms with Crippen LogP contribution in [-0.4, -0.2) is 5.11 Å². The molecular weight excluding hydrogens is 210 g/mol. The van der Waals surface area contributed by atoms with Gasteiger partial charge in [0.15, 0.2) is 0 Å². The molecule has 2 nitrogen and oxygen atoms in total. The Bertz CT molecular complexity index is 400. The number of nitrogens with two attached hydrogens (primary N) is 1. The van der Waals surface area contributed by atoms with Crippen LogP contribution >= 0.6 is 0 Å². The van der Waals surface area contributed by atoms with Crippen molar-refractivity contribution in [3.05, 3.63) is 29.3 Å². The number of hydrogen-bond donors (Lipinski definition) is 2. The fraction of sp³-hybridized carbons (Fsp3) is 0.600. The molecule has 0 bridgehead atoms. The Labute approximate surface area is 104 Å². The van der Waals surface area contributed by atoms with Gasteiger partial charge in [-0.3, -0.25) is 0 Å². The summed E-state index contributed by atoms with van der Waals surface area (Å²) >= 11 is 0. The molecule has 1 aliphatic rings. The van der Waals surface area contributed by atoms with E-state index in [1.807, 2.05) is 18.2 Å². The molecule has 17 heavy (non-hydrogen) atoms. The molecule has 1 atom stereocenters. The smallest absolute Gasteiger partial charge is 0.0902 e. The Morgan fingerprint density at radius 2 is 2.18 bits per heavy atom. The van der Waals surface area contributed by atoms with Gasteiger partial charge < -0.3 is 10.8 Å². The minimum atomic E-state index is -0.599. The first-order valence-electron chi connectivity index (χ1n) is 6.62. The summed E-state index contributed by atoms with van der Waals surface area (Å²) in [4.78, 5) is 0. The number of rotatable bonds is 4. The van der Waals surface area contributed by atoms with Gasteiger partial charge >= 0.3 is 0 Å². The molecule has 2 heteroatoms. The first-order valence-corrected chi connectivity index (χ1v) is 6.62. The fourth-order valence-corrected chi connectivity index (χ4v) is 2.81. The number of aryl methyl sites for hydroxylation is 1. The van der Waals surface area contributed by atoms with E-state index in [0.717, 1.165) is 36.9 Å². The molecular formula is C15H23NO. The molecule has 0 heterocycles. The van der Waals surface area contributed by atoms with E-state index in [0.29, 0.717) is 5.92 Å². The van der Waals surface area contributed by atoms with Crippen molar-refractivity contribution < 1.29 is 5.11 Å². The molecule has 2 rings (SSSR count). The highest BCUT2D eigenvalue weighted by molar-refractivity contribution is 5.48. The maximum Gasteiger partial charge on any atom is 0.0902 e. The maximum atomic E-state index is 10.7. The first-order chi connectivity index (χ1) is 8.01. The van der Waals surface area contributed by atoms with Crippen LogP contribution in [0.1, 0.15) is 50.7 Å². The predicted octanol–water partition coefficient (Wildman–Crippen LogP) is 3.23. The zero-order chi connectivity index (χ0) is 12.5. The van der Waals surface area contributed by atoms with Gasteiger partial charge in [0.25, 0.3) is 0 Å². The van der Waals surface area contributed by atoms with Crippen LogP contribution in [0.3, 0.4) is 0 Å². The third-order valence-corrected chi connectivity index (χ3v) is 3.81. The standard InChI is InChI=1S/C15H23NO/c1-11(2)4-3-8-15(17)9-7-12-10-13(16)5-6-14(12)15/h5-6,10-11,17H,3-4,7-9,16H2,1-2H3. The molecule has 0 spiro atoms. The lowest BCUT2D eigenvalue weighted by Gasteiger charge is -2.24. The lowest BCUT2D eigenvalue weighted by atomic mass is 9.89. The molecule has 3 N–H and O–H groups in total. The maximum absolute atomic E-state index is 10.7. The number of aliphatic hydroxyl groups is 1. The molecule has 0 fully saturated rings. The molecule has 0 aliphatic heterocycles. The van der Waals surface area contributed by atoms with Crippen LogP contribution in [0.2, 0.25) is 0 Å². The molecule has 1 aliphatic carbocycles. The van der Waals surface area contributed by atoms with E-state index in [2.05, 4.69) is 13.8 Å². The van der Waals surface area contributed by atoms with Gasteiger partial charge in [0, 0.05) is 5.69 Å². The summed E-state index contributed by atoms with van der Waals surface area (Å²) in [5.74, 6) is 0.714. The van der Waals surface area contributed by atoms with E-state index < -0.39 is 5.60 Å². The normalized spacial score (nSPS) is 23.1. The Kier molecular flexibility index (Phi) is 3.43. The van der Waals surface area contributed by atoms with Crippen molar-refractivity contribution in [3.63, 3.8) is 0 Å². The molecule has 1 aromatic carbocycles. The van der Waals surface area contributed by atoms with E-state index in [-0.39, 0.29) is 0 Å². The minimum Gasteiger partial charge on any atom is -0.399 e. The molecule has 0 radical (unpaired) electrons. The Morgan fingerprint density at radius 3 is 2.88 bits per heavy atom. The topological polar surface area (TPSA) is 46.2 Å². The van der Waals surface area contributed by atoms with E-state index in [4.69, 9.17) is 5.73 Å². The lowest BCUT2D eigenvalue weighted by Crippen LogP contribution is -2.22. The van der Waals surface area contributed by atoms with Gasteiger partial charge in [0.05, 0.1) is 5.60 Å². The average molecular weight is 233 g/mol. The summed E-state index contributed by atoms with van der Waals surface area (Å²) < 4.78 is 0. The molecule has 1 unspecified atom stereocenters. The van der Waals surface area contributed by atoms with Gasteiger partial charge in [-0.25, -0.2) is 0 Å². The van der Waals surface area contributed by atoms with Gasteiger partial charge in [0.2, 0.25) is 0 Å². The quantitative estimate of drug-likeness (QED) is 0.784. The Balaban J connectivity index is 2.08. The van der Waals surface area contributed by atoms with Crippen LogP contribution in [0.4, 0.5) is 5.69 Å². The zero-order valence-electron chi connectivity index (χ0n) is 10.9. The second-order valence-electron chi connectivity index (χ2n) is 5.73. The fourth-order valence-electron chi connectivity index (χ4n) is 2.81. The molecule has 1 aromatic rings. The first kappa shape index (κ1) is 12.4. The van der Waals surface area contributed by atoms with Crippen molar-refractivity contribution in [2.75, 3.05) is 5.73 Å². The third kappa shape index (κ3) is 2.63. The Morgan fingerprint density at radius 1 is 1.41 bits per heavy atom. The summed E-state index contributed by atoms with van der Waals surface area (Å²) in [7, 11) is 0. The van der Waals surface area contributed by atoms with Gasteiger partial charge in [-0.2, -0.15) is 0 Å². The van der Waals surface area contributed by atoms with E-state index in [1.165, 1.54) is 12.0 Å². The monoisotopic (exact) mass is 233 g/mol. The van der Waals surface area contributed by atoms with Crippen molar-refractivity contribution in [2.45, 2.75) is 51.6 Å². The van der Waals surface area contributed by atoms with Gasteiger partial charge in [-0.15, -0.1) is 0 Å². The summed E-state index contributed by atoms with van der Waals surface area (Å²) in [6, 6.07) is 5.92. The zero-order valence-corrected chi connectivity index (χ0v) is 10.9. The van der Waals surface area contributed by atoms with E-state index >= 15 is 0 Å². The Hall–Kier alpha value is -1.02. The van der Waals surface area contributed by atoms with Crippen LogP contribution in [-0.2, 0) is 12.0 Å². The number of fused-ring (bicyclic) bond motifs is 1. The largest absolute Gasteiger partial charge is 0.399 e. The highest BCUT2D eigenvalue weighted by atomic mass is 16.3. The molecule has 0 aromatic heterocycles. The molecule has 0 saturated heterocycles. The van der Waals surface area contributed by atoms with Crippen molar-refractivity contribution in [1.29, 1.82) is 0 Å². The van der Waals surface area contributed by atoms with E-state index in [1.54, 1.807) is 0 Å². The highest BCUT2D eigenvalue weighted by Crippen LogP contribution is 2.41. The number of benzene rings is 1. The number of hydrogen-bond acceptors (Lipinski definition) is 2. The molecule has 0 saturated carbocycles. The predicted molar refractivity (Wildman–Crippen MR) is 71.8 cm³/mol. The summed E-state index contributed by atoms with van der Waals surface area (Å²) in [5, 5.41) is 10.7. The van der Waals surface area contributed by atoms with Crippen LogP contribution < -0.4 is 5.73 Å². The van der Waals surface area contributed by atoms with Gasteiger partial charge in [-0.1, -0.05) is 26.3 Å². The second kappa shape index (κ2) is 4.69. The van der Waals surface area contributed by atoms with Crippen molar-refractivity contribution in [2.24, 2.45) is 5.92 Å². The van der Waals surface area contributed by atoms with Gasteiger partial charge in [-0.05, 0) is 54.9 Å². The van der Waals surface area contributed by atoms with Crippen LogP contribution in [0.25, 0.3) is 0 Å². The van der Waals surface area contributed by atoms with Crippen molar-refractivity contribution >= 4 is 5.69 Å². The summed E-state index contributed by atoms with van der Waals surface area (Å²) in [6.07, 6.45) is 4.97. The number of anilines is 1. The molecule has 0 amide bonds. The van der Waals surface area contributed by atoms with E-state index in [9.17, 15) is 5.11 Å². The number of nitrogen functional groups attached to an aromatic ring is 1. The van der Waals surface area contributed by atoms with Crippen molar-refractivity contribution in [3.8, 4) is 0 Å². The molecule has 94 valence electrons. The lowest BCUT2D eigenvalue weighted by molar-refractivity contribution is 0.0261. The highest BCUT2D eigenvalue weighted by Gasteiger charge is 2.35. The SMILES string of the molecule is CC(C)CCCC1(O)CCc2cc(N)ccc21. The van der Waals surface area contributed by atoms with Crippen LogP contribution in [0, 0.1) is 5.92 Å². The van der Waals surface area contributed by atoms with Crippen LogP contribution in [0.5, 0.6) is 0 Å². The average Bonchev–Trinajstić information content (AvgIpc) is 2.56. The van der Waals surface area contributed by atoms with Crippen molar-refractivity contribution in [1.82, 2.24) is 0 Å². The van der Waals surface area contributed by atoms with Crippen LogP contribution in [0.15, 0.2) is 18.2 Å². The third-order valence-electron chi connectivity index (χ3n) is 3.81. The van der Waals surface area contributed by atoms with Gasteiger partial charge in [0.1, 0.15) is 0 Å². The summed E-state index contributed by atoms with van der Waals surface area (Å²) in [5.41, 5.74) is 8.32. The summed E-state index contributed by atoms with van der Waals surface area (Å²) in [6.45, 7) is 4.46. The minimum absolute atomic E-state index is 0.599.